The van der Waals surface area contributed by atoms with Gasteiger partial charge in [0.2, 0.25) is 5.91 Å². The molecule has 5 heteroatoms. The number of amides is 2. The zero-order valence-corrected chi connectivity index (χ0v) is 14.2. The fourth-order valence-electron chi connectivity index (χ4n) is 3.11. The van der Waals surface area contributed by atoms with E-state index in [1.807, 2.05) is 35.2 Å². The Balaban J connectivity index is 1.41. The van der Waals surface area contributed by atoms with Crippen molar-refractivity contribution in [2.45, 2.75) is 19.3 Å². The molecule has 1 saturated heterocycles. The van der Waals surface area contributed by atoms with Gasteiger partial charge in [0, 0.05) is 32.0 Å². The zero-order chi connectivity index (χ0) is 17.5. The van der Waals surface area contributed by atoms with Crippen molar-refractivity contribution in [3.05, 3.63) is 66.0 Å². The molecule has 1 aliphatic rings. The second-order valence-electron chi connectivity index (χ2n) is 6.44. The van der Waals surface area contributed by atoms with Crippen molar-refractivity contribution in [3.63, 3.8) is 0 Å². The van der Waals surface area contributed by atoms with Gasteiger partial charge < -0.3 is 10.2 Å². The van der Waals surface area contributed by atoms with E-state index < -0.39 is 0 Å². The van der Waals surface area contributed by atoms with E-state index in [4.69, 9.17) is 0 Å². The Morgan fingerprint density at radius 1 is 1.08 bits per heavy atom. The second kappa shape index (κ2) is 8.42. The Morgan fingerprint density at radius 2 is 1.84 bits per heavy atom. The first-order chi connectivity index (χ1) is 12.2. The Labute approximate surface area is 148 Å². The fourth-order valence-corrected chi connectivity index (χ4v) is 3.11. The van der Waals surface area contributed by atoms with Crippen molar-refractivity contribution in [1.29, 1.82) is 0 Å². The molecule has 1 aromatic heterocycles. The molecular weight excluding hydrogens is 314 g/mol. The van der Waals surface area contributed by atoms with Crippen LogP contribution in [0.15, 0.2) is 54.9 Å². The highest BCUT2D eigenvalue weighted by atomic mass is 16.2. The molecule has 0 spiro atoms. The molecule has 1 N–H and O–H groups in total. The van der Waals surface area contributed by atoms with Gasteiger partial charge in [0.05, 0.1) is 12.0 Å². The lowest BCUT2D eigenvalue weighted by atomic mass is 9.96. The maximum atomic E-state index is 12.4. The standard InChI is InChI=1S/C20H23N3O2/c24-19(13-16-5-2-1-3-6-16)22-14-17-8-11-23(12-9-17)20(25)18-7-4-10-21-15-18/h1-7,10,15,17H,8-9,11-14H2,(H,22,24). The predicted octanol–water partition coefficient (Wildman–Crippen LogP) is 2.29. The SMILES string of the molecule is O=C(Cc1ccccc1)NCC1CCN(C(=O)c2cccnc2)CC1. The molecule has 1 aliphatic heterocycles. The topological polar surface area (TPSA) is 62.3 Å². The largest absolute Gasteiger partial charge is 0.356 e. The van der Waals surface area contributed by atoms with Crippen LogP contribution in [-0.4, -0.2) is 41.3 Å². The summed E-state index contributed by atoms with van der Waals surface area (Å²) in [4.78, 5) is 30.3. The van der Waals surface area contributed by atoms with Gasteiger partial charge in [0.1, 0.15) is 0 Å². The molecule has 25 heavy (non-hydrogen) atoms. The summed E-state index contributed by atoms with van der Waals surface area (Å²) in [6.07, 6.45) is 5.52. The molecule has 2 aromatic rings. The van der Waals surface area contributed by atoms with Gasteiger partial charge in [0.15, 0.2) is 0 Å². The van der Waals surface area contributed by atoms with Crippen LogP contribution in [0.5, 0.6) is 0 Å². The minimum absolute atomic E-state index is 0.0414. The lowest BCUT2D eigenvalue weighted by Crippen LogP contribution is -2.41. The number of nitrogens with one attached hydrogen (secondary N) is 1. The highest BCUT2D eigenvalue weighted by Gasteiger charge is 2.23. The number of hydrogen-bond acceptors (Lipinski definition) is 3. The van der Waals surface area contributed by atoms with Crippen molar-refractivity contribution in [2.75, 3.05) is 19.6 Å². The van der Waals surface area contributed by atoms with Crippen molar-refractivity contribution < 1.29 is 9.59 Å². The minimum atomic E-state index is 0.0414. The summed E-state index contributed by atoms with van der Waals surface area (Å²) in [6, 6.07) is 13.3. The van der Waals surface area contributed by atoms with Crippen LogP contribution < -0.4 is 5.32 Å². The summed E-state index contributed by atoms with van der Waals surface area (Å²) in [7, 11) is 0. The summed E-state index contributed by atoms with van der Waals surface area (Å²) in [5.74, 6) is 0.525. The van der Waals surface area contributed by atoms with Crippen LogP contribution in [0.4, 0.5) is 0 Å². The number of carbonyl (C=O) groups excluding carboxylic acids is 2. The number of aromatic nitrogens is 1. The number of rotatable bonds is 5. The number of benzene rings is 1. The first kappa shape index (κ1) is 17.1. The van der Waals surface area contributed by atoms with E-state index in [0.29, 0.717) is 24.4 Å². The molecule has 3 rings (SSSR count). The molecule has 130 valence electrons. The number of pyridine rings is 1. The third-order valence-electron chi connectivity index (χ3n) is 4.61. The number of hydrogen-bond donors (Lipinski definition) is 1. The average Bonchev–Trinajstić information content (AvgIpc) is 2.68. The summed E-state index contributed by atoms with van der Waals surface area (Å²) in [5, 5.41) is 3.02. The van der Waals surface area contributed by atoms with Crippen LogP contribution in [0, 0.1) is 5.92 Å². The van der Waals surface area contributed by atoms with Crippen molar-refractivity contribution in [3.8, 4) is 0 Å². The number of carbonyl (C=O) groups is 2. The Morgan fingerprint density at radius 3 is 2.52 bits per heavy atom. The highest BCUT2D eigenvalue weighted by Crippen LogP contribution is 2.18. The van der Waals surface area contributed by atoms with Crippen molar-refractivity contribution >= 4 is 11.8 Å². The predicted molar refractivity (Wildman–Crippen MR) is 96.0 cm³/mol. The van der Waals surface area contributed by atoms with Crippen LogP contribution in [0.2, 0.25) is 0 Å². The van der Waals surface area contributed by atoms with E-state index >= 15 is 0 Å². The van der Waals surface area contributed by atoms with Gasteiger partial charge in [0.25, 0.3) is 5.91 Å². The number of nitrogens with zero attached hydrogens (tertiary/aromatic N) is 2. The monoisotopic (exact) mass is 337 g/mol. The highest BCUT2D eigenvalue weighted by molar-refractivity contribution is 5.93. The zero-order valence-electron chi connectivity index (χ0n) is 14.2. The molecule has 1 aromatic carbocycles. The first-order valence-corrected chi connectivity index (χ1v) is 8.72. The fraction of sp³-hybridized carbons (Fsp3) is 0.350. The Hall–Kier alpha value is -2.69. The summed E-state index contributed by atoms with van der Waals surface area (Å²) in [6.45, 7) is 2.14. The second-order valence-corrected chi connectivity index (χ2v) is 6.44. The van der Waals surface area contributed by atoms with Gasteiger partial charge in [-0.1, -0.05) is 30.3 Å². The number of likely N-dealkylation sites (tertiary alicyclic amines) is 1. The Kier molecular flexibility index (Phi) is 5.77. The van der Waals surface area contributed by atoms with Crippen LogP contribution >= 0.6 is 0 Å². The lowest BCUT2D eigenvalue weighted by molar-refractivity contribution is -0.120. The van der Waals surface area contributed by atoms with Crippen LogP contribution in [0.1, 0.15) is 28.8 Å². The summed E-state index contributed by atoms with van der Waals surface area (Å²) in [5.41, 5.74) is 1.66. The molecule has 5 nitrogen and oxygen atoms in total. The van der Waals surface area contributed by atoms with Gasteiger partial charge in [-0.15, -0.1) is 0 Å². The van der Waals surface area contributed by atoms with E-state index in [2.05, 4.69) is 10.3 Å². The minimum Gasteiger partial charge on any atom is -0.356 e. The van der Waals surface area contributed by atoms with Crippen LogP contribution in [-0.2, 0) is 11.2 Å². The summed E-state index contributed by atoms with van der Waals surface area (Å²) < 4.78 is 0. The van der Waals surface area contributed by atoms with E-state index in [1.165, 1.54) is 0 Å². The van der Waals surface area contributed by atoms with E-state index in [9.17, 15) is 9.59 Å². The maximum Gasteiger partial charge on any atom is 0.255 e. The molecule has 0 radical (unpaired) electrons. The third-order valence-corrected chi connectivity index (χ3v) is 4.61. The molecule has 1 fully saturated rings. The molecule has 0 bridgehead atoms. The van der Waals surface area contributed by atoms with E-state index in [0.717, 1.165) is 31.5 Å². The van der Waals surface area contributed by atoms with Crippen molar-refractivity contribution in [2.24, 2.45) is 5.92 Å². The van der Waals surface area contributed by atoms with Gasteiger partial charge in [-0.05, 0) is 36.5 Å². The molecule has 0 aliphatic carbocycles. The third kappa shape index (κ3) is 4.89. The molecule has 2 amide bonds. The van der Waals surface area contributed by atoms with E-state index in [1.54, 1.807) is 24.5 Å². The van der Waals surface area contributed by atoms with Gasteiger partial charge in [-0.2, -0.15) is 0 Å². The first-order valence-electron chi connectivity index (χ1n) is 8.72. The van der Waals surface area contributed by atoms with Crippen LogP contribution in [0.25, 0.3) is 0 Å². The lowest BCUT2D eigenvalue weighted by Gasteiger charge is -2.32. The van der Waals surface area contributed by atoms with Gasteiger partial charge >= 0.3 is 0 Å². The molecule has 0 unspecified atom stereocenters. The van der Waals surface area contributed by atoms with E-state index in [-0.39, 0.29) is 11.8 Å². The van der Waals surface area contributed by atoms with Gasteiger partial charge in [-0.25, -0.2) is 0 Å². The quantitative estimate of drug-likeness (QED) is 0.910. The summed E-state index contributed by atoms with van der Waals surface area (Å²) >= 11 is 0. The molecule has 2 heterocycles. The number of piperidine rings is 1. The molecule has 0 atom stereocenters. The molecular formula is C20H23N3O2. The average molecular weight is 337 g/mol. The van der Waals surface area contributed by atoms with Gasteiger partial charge in [-0.3, -0.25) is 14.6 Å². The van der Waals surface area contributed by atoms with Crippen molar-refractivity contribution in [1.82, 2.24) is 15.2 Å². The maximum absolute atomic E-state index is 12.4. The van der Waals surface area contributed by atoms with Crippen LogP contribution in [0.3, 0.4) is 0 Å². The Bertz CT molecular complexity index is 695. The molecule has 0 saturated carbocycles. The smallest absolute Gasteiger partial charge is 0.255 e. The normalized spacial score (nSPS) is 15.0.